The van der Waals surface area contributed by atoms with Crippen molar-refractivity contribution in [2.24, 2.45) is 0 Å². The lowest BCUT2D eigenvalue weighted by Gasteiger charge is -2.32. The summed E-state index contributed by atoms with van der Waals surface area (Å²) in [5.74, 6) is 0.737. The zero-order valence-corrected chi connectivity index (χ0v) is 17.0. The van der Waals surface area contributed by atoms with Crippen molar-refractivity contribution < 1.29 is 9.31 Å². The molecule has 1 aromatic carbocycles. The molecular formula is C16H24BIO2S. The molecule has 0 aromatic heterocycles. The number of halogens is 1. The van der Waals surface area contributed by atoms with Gasteiger partial charge in [0.1, 0.15) is 0 Å². The molecule has 5 heteroatoms. The minimum absolute atomic E-state index is 0.303. The first-order chi connectivity index (χ1) is 9.53. The van der Waals surface area contributed by atoms with Gasteiger partial charge in [0.15, 0.2) is 0 Å². The molecule has 0 atom stereocenters. The number of thiol groups is 1. The quantitative estimate of drug-likeness (QED) is 0.446. The van der Waals surface area contributed by atoms with Crippen molar-refractivity contribution in [1.29, 1.82) is 0 Å². The van der Waals surface area contributed by atoms with Crippen LogP contribution in [0.3, 0.4) is 0 Å². The molecule has 1 heterocycles. The van der Waals surface area contributed by atoms with Crippen LogP contribution in [0.15, 0.2) is 0 Å². The third-order valence-electron chi connectivity index (χ3n) is 5.02. The Bertz CT molecular complexity index is 568. The SMILES string of the molecule is Cc1c(I)c(C)c(B2OC(C)(C)C(C)(C)O2)c(C)c1CS. The van der Waals surface area contributed by atoms with E-state index < -0.39 is 0 Å². The average molecular weight is 418 g/mol. The molecule has 0 unspecified atom stereocenters. The standard InChI is InChI=1S/C16H24BIO2S/c1-9-12(8-21)10(2)14(18)11(3)13(9)17-19-15(4,5)16(6,7)20-17/h21H,8H2,1-7H3. The largest absolute Gasteiger partial charge is 0.495 e. The van der Waals surface area contributed by atoms with Gasteiger partial charge in [0.2, 0.25) is 0 Å². The van der Waals surface area contributed by atoms with Crippen LogP contribution in [0.5, 0.6) is 0 Å². The molecule has 0 N–H and O–H groups in total. The van der Waals surface area contributed by atoms with Crippen molar-refractivity contribution in [2.75, 3.05) is 0 Å². The number of benzene rings is 1. The van der Waals surface area contributed by atoms with Crippen molar-refractivity contribution in [3.63, 3.8) is 0 Å². The highest BCUT2D eigenvalue weighted by Gasteiger charge is 2.52. The molecule has 0 radical (unpaired) electrons. The fourth-order valence-electron chi connectivity index (χ4n) is 2.81. The maximum atomic E-state index is 6.26. The zero-order valence-electron chi connectivity index (χ0n) is 13.9. The van der Waals surface area contributed by atoms with Crippen LogP contribution >= 0.6 is 35.2 Å². The third kappa shape index (κ3) is 2.79. The van der Waals surface area contributed by atoms with Crippen LogP contribution in [0.1, 0.15) is 49.9 Å². The van der Waals surface area contributed by atoms with Crippen LogP contribution in [0.25, 0.3) is 0 Å². The Kier molecular flexibility index (Phi) is 4.81. The number of hydrogen-bond acceptors (Lipinski definition) is 3. The lowest BCUT2D eigenvalue weighted by atomic mass is 9.71. The number of rotatable bonds is 2. The first-order valence-corrected chi connectivity index (χ1v) is 8.99. The Balaban J connectivity index is 2.59. The lowest BCUT2D eigenvalue weighted by Crippen LogP contribution is -2.41. The van der Waals surface area contributed by atoms with Crippen LogP contribution < -0.4 is 5.46 Å². The summed E-state index contributed by atoms with van der Waals surface area (Å²) in [4.78, 5) is 0. The second kappa shape index (κ2) is 5.73. The van der Waals surface area contributed by atoms with Gasteiger partial charge in [-0.3, -0.25) is 0 Å². The Morgan fingerprint density at radius 3 is 1.86 bits per heavy atom. The highest BCUT2D eigenvalue weighted by atomic mass is 127. The highest BCUT2D eigenvalue weighted by Crippen LogP contribution is 2.37. The molecule has 2 nitrogen and oxygen atoms in total. The Hall–Kier alpha value is 0.285. The van der Waals surface area contributed by atoms with E-state index in [2.05, 4.69) is 83.7 Å². The van der Waals surface area contributed by atoms with Gasteiger partial charge in [-0.05, 0) is 98.8 Å². The van der Waals surface area contributed by atoms with E-state index in [4.69, 9.17) is 9.31 Å². The summed E-state index contributed by atoms with van der Waals surface area (Å²) in [6.07, 6.45) is 0. The van der Waals surface area contributed by atoms with Crippen molar-refractivity contribution >= 4 is 47.8 Å². The summed E-state index contributed by atoms with van der Waals surface area (Å²) < 4.78 is 13.8. The van der Waals surface area contributed by atoms with Gasteiger partial charge in [0.05, 0.1) is 11.2 Å². The Morgan fingerprint density at radius 1 is 0.952 bits per heavy atom. The predicted molar refractivity (Wildman–Crippen MR) is 102 cm³/mol. The topological polar surface area (TPSA) is 18.5 Å². The van der Waals surface area contributed by atoms with E-state index in [9.17, 15) is 0 Å². The van der Waals surface area contributed by atoms with Crippen molar-refractivity contribution in [2.45, 2.75) is 65.4 Å². The van der Waals surface area contributed by atoms with Crippen LogP contribution in [0, 0.1) is 24.3 Å². The minimum atomic E-state index is -0.312. The molecule has 1 saturated heterocycles. The van der Waals surface area contributed by atoms with E-state index in [1.807, 2.05) is 0 Å². The molecule has 1 aliphatic heterocycles. The second-order valence-electron chi connectivity index (χ2n) is 6.83. The first kappa shape index (κ1) is 17.6. The molecule has 0 spiro atoms. The molecule has 1 aliphatic rings. The van der Waals surface area contributed by atoms with E-state index in [-0.39, 0.29) is 18.3 Å². The summed E-state index contributed by atoms with van der Waals surface area (Å²) in [5, 5.41) is 0. The number of hydrogen-bond donors (Lipinski definition) is 1. The van der Waals surface area contributed by atoms with Gasteiger partial charge in [0.25, 0.3) is 0 Å². The third-order valence-corrected chi connectivity index (χ3v) is 6.95. The van der Waals surface area contributed by atoms with E-state index >= 15 is 0 Å². The van der Waals surface area contributed by atoms with E-state index in [1.165, 1.54) is 31.3 Å². The van der Waals surface area contributed by atoms with Gasteiger partial charge in [-0.1, -0.05) is 0 Å². The van der Waals surface area contributed by atoms with Gasteiger partial charge in [-0.25, -0.2) is 0 Å². The fraction of sp³-hybridized carbons (Fsp3) is 0.625. The minimum Gasteiger partial charge on any atom is -0.399 e. The monoisotopic (exact) mass is 418 g/mol. The molecule has 1 fully saturated rings. The Labute approximate surface area is 148 Å². The molecule has 0 bridgehead atoms. The van der Waals surface area contributed by atoms with Crippen molar-refractivity contribution in [3.05, 3.63) is 25.8 Å². The Morgan fingerprint density at radius 2 is 1.43 bits per heavy atom. The summed E-state index contributed by atoms with van der Waals surface area (Å²) in [5.41, 5.74) is 5.67. The van der Waals surface area contributed by atoms with Crippen LogP contribution in [0.2, 0.25) is 0 Å². The van der Waals surface area contributed by atoms with Gasteiger partial charge < -0.3 is 9.31 Å². The zero-order chi connectivity index (χ0) is 16.2. The lowest BCUT2D eigenvalue weighted by molar-refractivity contribution is 0.00578. The molecular weight excluding hydrogens is 394 g/mol. The molecule has 2 rings (SSSR count). The first-order valence-electron chi connectivity index (χ1n) is 7.28. The molecule has 21 heavy (non-hydrogen) atoms. The van der Waals surface area contributed by atoms with E-state index in [0.29, 0.717) is 0 Å². The molecule has 0 saturated carbocycles. The predicted octanol–water partition coefficient (Wildman–Crippen LogP) is 3.95. The maximum absolute atomic E-state index is 6.26. The van der Waals surface area contributed by atoms with Crippen LogP contribution in [0.4, 0.5) is 0 Å². The van der Waals surface area contributed by atoms with Crippen LogP contribution in [-0.4, -0.2) is 18.3 Å². The second-order valence-corrected chi connectivity index (χ2v) is 8.22. The van der Waals surface area contributed by atoms with Crippen LogP contribution in [-0.2, 0) is 15.1 Å². The fourth-order valence-corrected chi connectivity index (χ4v) is 3.90. The molecule has 1 aromatic rings. The summed E-state index contributed by atoms with van der Waals surface area (Å²) in [7, 11) is -0.303. The summed E-state index contributed by atoms with van der Waals surface area (Å²) >= 11 is 6.92. The van der Waals surface area contributed by atoms with E-state index in [0.717, 1.165) is 5.75 Å². The van der Waals surface area contributed by atoms with Crippen molar-refractivity contribution in [1.82, 2.24) is 0 Å². The summed E-state index contributed by atoms with van der Waals surface area (Å²) in [6.45, 7) is 14.9. The van der Waals surface area contributed by atoms with Gasteiger partial charge in [-0.15, -0.1) is 0 Å². The highest BCUT2D eigenvalue weighted by molar-refractivity contribution is 14.1. The summed E-state index contributed by atoms with van der Waals surface area (Å²) in [6, 6.07) is 0. The molecule has 0 amide bonds. The van der Waals surface area contributed by atoms with Gasteiger partial charge >= 0.3 is 7.12 Å². The molecule has 116 valence electrons. The van der Waals surface area contributed by atoms with Crippen molar-refractivity contribution in [3.8, 4) is 0 Å². The molecule has 0 aliphatic carbocycles. The normalized spacial score (nSPS) is 20.1. The van der Waals surface area contributed by atoms with Gasteiger partial charge in [-0.2, -0.15) is 12.6 Å². The maximum Gasteiger partial charge on any atom is 0.495 e. The average Bonchev–Trinajstić information content (AvgIpc) is 2.56. The van der Waals surface area contributed by atoms with Gasteiger partial charge in [0, 0.05) is 9.32 Å². The smallest absolute Gasteiger partial charge is 0.399 e. The van der Waals surface area contributed by atoms with E-state index in [1.54, 1.807) is 0 Å².